The molecule has 1 aromatic heterocycles. The summed E-state index contributed by atoms with van der Waals surface area (Å²) < 4.78 is 8.33. The number of methoxy groups -OCH3 is 1. The van der Waals surface area contributed by atoms with Gasteiger partial charge >= 0.3 is 0 Å². The number of amides is 2. The van der Waals surface area contributed by atoms with Gasteiger partial charge in [-0.05, 0) is 55.5 Å². The van der Waals surface area contributed by atoms with Crippen molar-refractivity contribution in [3.63, 3.8) is 0 Å². The maximum absolute atomic E-state index is 13.0. The third-order valence-electron chi connectivity index (χ3n) is 5.78. The fourth-order valence-corrected chi connectivity index (χ4v) is 3.78. The highest BCUT2D eigenvalue weighted by Gasteiger charge is 2.18. The second-order valence-corrected chi connectivity index (χ2v) is 8.07. The van der Waals surface area contributed by atoms with E-state index in [4.69, 9.17) is 4.74 Å². The number of nitrogens with one attached hydrogen (secondary N) is 3. The van der Waals surface area contributed by atoms with E-state index in [9.17, 15) is 14.4 Å². The highest BCUT2D eigenvalue weighted by molar-refractivity contribution is 6.08. The van der Waals surface area contributed by atoms with Crippen LogP contribution in [0.25, 0.3) is 5.69 Å². The van der Waals surface area contributed by atoms with Crippen molar-refractivity contribution in [2.75, 3.05) is 29.6 Å². The fourth-order valence-electron chi connectivity index (χ4n) is 3.78. The molecule has 0 atom stereocenters. The van der Waals surface area contributed by atoms with E-state index >= 15 is 0 Å². The molecule has 36 heavy (non-hydrogen) atoms. The lowest BCUT2D eigenvalue weighted by molar-refractivity contribution is -0.114. The maximum atomic E-state index is 13.0. The van der Waals surface area contributed by atoms with Gasteiger partial charge in [-0.1, -0.05) is 30.3 Å². The van der Waals surface area contributed by atoms with E-state index in [-0.39, 0.29) is 23.7 Å². The summed E-state index contributed by atoms with van der Waals surface area (Å²) in [5, 5.41) is 8.55. The average Bonchev–Trinajstić information content (AvgIpc) is 3.11. The lowest BCUT2D eigenvalue weighted by Crippen LogP contribution is -2.27. The summed E-state index contributed by atoms with van der Waals surface area (Å²) in [4.78, 5) is 38.6. The Bertz CT molecular complexity index is 1440. The van der Waals surface area contributed by atoms with Gasteiger partial charge in [0.1, 0.15) is 11.4 Å². The van der Waals surface area contributed by atoms with E-state index in [1.165, 1.54) is 4.68 Å². The number of para-hydroxylation sites is 2. The smallest absolute Gasteiger partial charge is 0.295 e. The molecule has 0 saturated carbocycles. The van der Waals surface area contributed by atoms with E-state index < -0.39 is 5.91 Å². The Hall–Kier alpha value is -4.79. The molecule has 0 fully saturated rings. The van der Waals surface area contributed by atoms with Crippen molar-refractivity contribution >= 4 is 28.9 Å². The Morgan fingerprint density at radius 1 is 0.889 bits per heavy atom. The molecular formula is C27H27N5O4. The zero-order chi connectivity index (χ0) is 25.7. The molecule has 3 N–H and O–H groups in total. The van der Waals surface area contributed by atoms with Gasteiger partial charge < -0.3 is 20.7 Å². The zero-order valence-corrected chi connectivity index (χ0v) is 20.2. The van der Waals surface area contributed by atoms with Crippen LogP contribution in [0.15, 0.2) is 83.7 Å². The highest BCUT2D eigenvalue weighted by atomic mass is 16.5. The number of benzene rings is 3. The first-order chi connectivity index (χ1) is 17.4. The van der Waals surface area contributed by atoms with Gasteiger partial charge in [-0.15, -0.1) is 0 Å². The van der Waals surface area contributed by atoms with Crippen LogP contribution in [0.1, 0.15) is 16.1 Å². The molecule has 0 unspecified atom stereocenters. The van der Waals surface area contributed by atoms with Gasteiger partial charge in [0.2, 0.25) is 5.91 Å². The van der Waals surface area contributed by atoms with Gasteiger partial charge in [0, 0.05) is 18.4 Å². The first-order valence-corrected chi connectivity index (χ1v) is 11.3. The van der Waals surface area contributed by atoms with Crippen LogP contribution in [0.2, 0.25) is 0 Å². The van der Waals surface area contributed by atoms with Crippen molar-refractivity contribution in [2.24, 2.45) is 7.05 Å². The highest BCUT2D eigenvalue weighted by Crippen LogP contribution is 2.20. The Labute approximate surface area is 208 Å². The average molecular weight is 486 g/mol. The van der Waals surface area contributed by atoms with Crippen LogP contribution in [-0.4, -0.2) is 34.8 Å². The van der Waals surface area contributed by atoms with Gasteiger partial charge in [-0.2, -0.15) is 0 Å². The van der Waals surface area contributed by atoms with E-state index in [1.54, 1.807) is 74.3 Å². The predicted octanol–water partition coefficient (Wildman–Crippen LogP) is 3.80. The summed E-state index contributed by atoms with van der Waals surface area (Å²) in [5.41, 5.74) is 2.68. The molecule has 3 aromatic carbocycles. The van der Waals surface area contributed by atoms with Crippen LogP contribution < -0.4 is 26.2 Å². The van der Waals surface area contributed by atoms with Crippen molar-refractivity contribution in [3.8, 4) is 11.4 Å². The lowest BCUT2D eigenvalue weighted by Gasteiger charge is -2.12. The van der Waals surface area contributed by atoms with E-state index in [2.05, 4.69) is 16.0 Å². The van der Waals surface area contributed by atoms with Crippen LogP contribution in [0.3, 0.4) is 0 Å². The number of aromatic nitrogens is 2. The number of ether oxygens (including phenoxy) is 1. The lowest BCUT2D eigenvalue weighted by atomic mass is 10.1. The second-order valence-electron chi connectivity index (χ2n) is 8.07. The third-order valence-corrected chi connectivity index (χ3v) is 5.78. The van der Waals surface area contributed by atoms with Crippen LogP contribution in [0.5, 0.6) is 5.75 Å². The predicted molar refractivity (Wildman–Crippen MR) is 140 cm³/mol. The van der Waals surface area contributed by atoms with Crippen LogP contribution in [0, 0.1) is 6.92 Å². The first kappa shape index (κ1) is 24.3. The summed E-state index contributed by atoms with van der Waals surface area (Å²) in [6.07, 6.45) is 0. The number of rotatable bonds is 8. The molecule has 0 spiro atoms. The number of carbonyl (C=O) groups is 2. The summed E-state index contributed by atoms with van der Waals surface area (Å²) in [7, 11) is 3.33. The summed E-state index contributed by atoms with van der Waals surface area (Å²) in [5.74, 6) is -0.0510. The molecule has 9 heteroatoms. The van der Waals surface area contributed by atoms with Gasteiger partial charge in [0.05, 0.1) is 30.6 Å². The van der Waals surface area contributed by atoms with Crippen molar-refractivity contribution < 1.29 is 14.3 Å². The fraction of sp³-hybridized carbons (Fsp3) is 0.148. The molecule has 0 aliphatic carbocycles. The molecule has 1 heterocycles. The molecule has 9 nitrogen and oxygen atoms in total. The molecule has 4 rings (SSSR count). The number of hydrogen-bond donors (Lipinski definition) is 3. The molecule has 0 saturated heterocycles. The number of anilines is 3. The summed E-state index contributed by atoms with van der Waals surface area (Å²) in [6, 6.07) is 23.1. The van der Waals surface area contributed by atoms with Crippen molar-refractivity contribution in [3.05, 3.63) is 100 Å². The Morgan fingerprint density at radius 2 is 1.56 bits per heavy atom. The molecular weight excluding hydrogens is 458 g/mol. The van der Waals surface area contributed by atoms with E-state index in [1.807, 2.05) is 30.3 Å². The van der Waals surface area contributed by atoms with Gasteiger partial charge in [0.15, 0.2) is 0 Å². The quantitative estimate of drug-likeness (QED) is 0.352. The normalized spacial score (nSPS) is 10.5. The molecule has 2 amide bonds. The number of hydrogen-bond acceptors (Lipinski definition) is 5. The van der Waals surface area contributed by atoms with Crippen LogP contribution in [0.4, 0.5) is 17.1 Å². The molecule has 0 bridgehead atoms. The van der Waals surface area contributed by atoms with Crippen molar-refractivity contribution in [1.29, 1.82) is 0 Å². The monoisotopic (exact) mass is 485 g/mol. The van der Waals surface area contributed by atoms with Crippen molar-refractivity contribution in [1.82, 2.24) is 9.36 Å². The molecule has 0 aliphatic rings. The third kappa shape index (κ3) is 5.15. The molecule has 4 aromatic rings. The Balaban J connectivity index is 1.45. The standard InChI is InChI=1S/C27H27N5O4/c1-18-25(27(35)32(31(18)2)20-9-5-4-6-10-20)30-24(33)17-28-23-12-8-7-11-22(23)26(34)29-19-13-15-21(36-3)16-14-19/h4-16,28H,17H2,1-3H3,(H,29,34)(H,30,33). The summed E-state index contributed by atoms with van der Waals surface area (Å²) in [6.45, 7) is 1.63. The van der Waals surface area contributed by atoms with E-state index in [0.29, 0.717) is 34.1 Å². The van der Waals surface area contributed by atoms with Gasteiger partial charge in [-0.3, -0.25) is 19.1 Å². The molecule has 0 radical (unpaired) electrons. The van der Waals surface area contributed by atoms with Crippen LogP contribution in [-0.2, 0) is 11.8 Å². The van der Waals surface area contributed by atoms with E-state index in [0.717, 1.165) is 0 Å². The molecule has 184 valence electrons. The zero-order valence-electron chi connectivity index (χ0n) is 20.2. The topological polar surface area (TPSA) is 106 Å². The number of nitrogens with zero attached hydrogens (tertiary/aromatic N) is 2. The largest absolute Gasteiger partial charge is 0.497 e. The minimum absolute atomic E-state index is 0.133. The van der Waals surface area contributed by atoms with Crippen LogP contribution >= 0.6 is 0 Å². The Kier molecular flexibility index (Phi) is 7.20. The minimum atomic E-state index is -0.411. The maximum Gasteiger partial charge on any atom is 0.295 e. The SMILES string of the molecule is COc1ccc(NC(=O)c2ccccc2NCC(=O)Nc2c(C)n(C)n(-c3ccccc3)c2=O)cc1. The number of carbonyl (C=O) groups excluding carboxylic acids is 2. The Morgan fingerprint density at radius 3 is 2.25 bits per heavy atom. The minimum Gasteiger partial charge on any atom is -0.497 e. The van der Waals surface area contributed by atoms with Gasteiger partial charge in [-0.25, -0.2) is 4.68 Å². The second kappa shape index (κ2) is 10.6. The first-order valence-electron chi connectivity index (χ1n) is 11.3. The van der Waals surface area contributed by atoms with Crippen molar-refractivity contribution in [2.45, 2.75) is 6.92 Å². The summed E-state index contributed by atoms with van der Waals surface area (Å²) >= 11 is 0. The van der Waals surface area contributed by atoms with Gasteiger partial charge in [0.25, 0.3) is 11.5 Å². The molecule has 0 aliphatic heterocycles.